The van der Waals surface area contributed by atoms with E-state index >= 15 is 0 Å². The third-order valence-electron chi connectivity index (χ3n) is 0.761. The molecule has 0 amide bonds. The molecule has 0 aromatic heterocycles. The number of carbonyl (C=O) groups is 2. The molecule has 4 heteroatoms. The summed E-state index contributed by atoms with van der Waals surface area (Å²) in [4.78, 5) is 20.0. The molecule has 0 aromatic rings. The van der Waals surface area contributed by atoms with Gasteiger partial charge < -0.3 is 4.74 Å². The van der Waals surface area contributed by atoms with Gasteiger partial charge in [0.15, 0.2) is 0 Å². The second-order valence-electron chi connectivity index (χ2n) is 1.35. The van der Waals surface area contributed by atoms with Crippen LogP contribution in [0.3, 0.4) is 0 Å². The van der Waals surface area contributed by atoms with Crippen molar-refractivity contribution in [2.75, 3.05) is 0 Å². The third-order valence-corrected chi connectivity index (χ3v) is 0.761. The van der Waals surface area contributed by atoms with E-state index in [9.17, 15) is 9.59 Å². The van der Waals surface area contributed by atoms with E-state index in [1.807, 2.05) is 0 Å². The number of ether oxygens (including phenoxy) is 1. The Morgan fingerprint density at radius 3 is 1.62 bits per heavy atom. The molecule has 0 atom stereocenters. The number of carbonyl (C=O) groups excluding carboxylic acids is 2. The molecule has 2 radical (unpaired) electrons. The van der Waals surface area contributed by atoms with Gasteiger partial charge in [-0.2, -0.15) is 0 Å². The van der Waals surface area contributed by atoms with Crippen molar-refractivity contribution in [1.82, 2.24) is 0 Å². The van der Waals surface area contributed by atoms with Crippen molar-refractivity contribution >= 4 is 39.2 Å². The molecule has 44 valence electrons. The van der Waals surface area contributed by atoms with Gasteiger partial charge in [0.2, 0.25) is 0 Å². The van der Waals surface area contributed by atoms with Crippen LogP contribution in [0.2, 0.25) is 0 Å². The van der Waals surface area contributed by atoms with E-state index in [1.54, 1.807) is 0 Å². The summed E-state index contributed by atoms with van der Waals surface area (Å²) in [6.45, 7) is 0. The molecule has 0 aliphatic carbocycles. The molecule has 3 nitrogen and oxygen atoms in total. The average molecular weight is 309 g/mol. The van der Waals surface area contributed by atoms with Crippen molar-refractivity contribution < 1.29 is 14.3 Å². The second kappa shape index (κ2) is 3.16. The number of cyclic esters (lactones) is 2. The van der Waals surface area contributed by atoms with Crippen LogP contribution >= 0.6 is 0 Å². The van der Waals surface area contributed by atoms with Crippen molar-refractivity contribution in [3.05, 3.63) is 0 Å². The van der Waals surface area contributed by atoms with Crippen LogP contribution in [-0.4, -0.2) is 39.2 Å². The summed E-state index contributed by atoms with van der Waals surface area (Å²) in [7, 11) is 0. The first-order chi connectivity index (χ1) is 3.29. The molecule has 8 heavy (non-hydrogen) atoms. The van der Waals surface area contributed by atoms with Gasteiger partial charge in [0.1, 0.15) is 0 Å². The quantitative estimate of drug-likeness (QED) is 0.325. The van der Waals surface area contributed by atoms with E-state index in [0.29, 0.717) is 0 Å². The Kier molecular flexibility index (Phi) is 3.18. The molecule has 1 fully saturated rings. The van der Waals surface area contributed by atoms with Gasteiger partial charge in [0.05, 0.1) is 12.8 Å². The SMILES string of the molecule is O=C1CCC(=O)O1.[PbH2]. The standard InChI is InChI=1S/C4H4O3.Pb.2H/c5-3-1-2-4(6)7-3;;;/h1-2H2;;;. The molecule has 1 heterocycles. The topological polar surface area (TPSA) is 43.4 Å². The Hall–Kier alpha value is 0.0621. The predicted molar refractivity (Wildman–Crippen MR) is 28.9 cm³/mol. The van der Waals surface area contributed by atoms with Gasteiger partial charge in [-0.1, -0.05) is 0 Å². The zero-order valence-corrected chi connectivity index (χ0v) is 9.84. The van der Waals surface area contributed by atoms with Gasteiger partial charge in [-0.15, -0.1) is 0 Å². The van der Waals surface area contributed by atoms with Crippen molar-refractivity contribution in [3.63, 3.8) is 0 Å². The summed E-state index contributed by atoms with van der Waals surface area (Å²) in [5.41, 5.74) is 0. The van der Waals surface area contributed by atoms with Gasteiger partial charge in [-0.3, -0.25) is 9.59 Å². The zero-order chi connectivity index (χ0) is 5.28. The Morgan fingerprint density at radius 1 is 1.12 bits per heavy atom. The molecule has 0 saturated carbocycles. The first-order valence-corrected chi connectivity index (χ1v) is 2.02. The van der Waals surface area contributed by atoms with Crippen LogP contribution in [0.15, 0.2) is 0 Å². The van der Waals surface area contributed by atoms with E-state index in [0.717, 1.165) is 0 Å². The first-order valence-electron chi connectivity index (χ1n) is 2.02. The molecule has 1 saturated heterocycles. The number of rotatable bonds is 0. The van der Waals surface area contributed by atoms with Crippen LogP contribution in [-0.2, 0) is 14.3 Å². The van der Waals surface area contributed by atoms with Crippen LogP contribution < -0.4 is 0 Å². The maximum atomic E-state index is 10.0. The monoisotopic (exact) mass is 310 g/mol. The Morgan fingerprint density at radius 2 is 1.50 bits per heavy atom. The van der Waals surface area contributed by atoms with Crippen LogP contribution in [0, 0.1) is 0 Å². The summed E-state index contributed by atoms with van der Waals surface area (Å²) in [5.74, 6) is -0.796. The van der Waals surface area contributed by atoms with Gasteiger partial charge >= 0.3 is 39.2 Å². The molecule has 1 aliphatic rings. The number of hydrogen-bond acceptors (Lipinski definition) is 3. The Balaban J connectivity index is 0.000000490. The van der Waals surface area contributed by atoms with E-state index in [4.69, 9.17) is 0 Å². The van der Waals surface area contributed by atoms with Crippen molar-refractivity contribution in [2.24, 2.45) is 0 Å². The molecule has 1 aliphatic heterocycles. The summed E-state index contributed by atoms with van der Waals surface area (Å²) < 4.78 is 4.08. The second-order valence-corrected chi connectivity index (χ2v) is 1.35. The van der Waals surface area contributed by atoms with Crippen LogP contribution in [0.1, 0.15) is 12.8 Å². The van der Waals surface area contributed by atoms with E-state index in [2.05, 4.69) is 4.74 Å². The van der Waals surface area contributed by atoms with E-state index < -0.39 is 11.9 Å². The Bertz CT molecular complexity index is 106. The minimum atomic E-state index is -0.398. The molecular weight excluding hydrogens is 303 g/mol. The molecule has 0 aromatic carbocycles. The molecule has 1 rings (SSSR count). The van der Waals surface area contributed by atoms with Gasteiger partial charge in [0, 0.05) is 0 Å². The first kappa shape index (κ1) is 8.06. The fraction of sp³-hybridized carbons (Fsp3) is 0.500. The summed E-state index contributed by atoms with van der Waals surface area (Å²) in [6, 6.07) is 0. The minimum absolute atomic E-state index is 0. The predicted octanol–water partition coefficient (Wildman–Crippen LogP) is -1.07. The Labute approximate surface area is 66.5 Å². The molecule has 0 bridgehead atoms. The fourth-order valence-electron chi connectivity index (χ4n) is 0.433. The van der Waals surface area contributed by atoms with Crippen molar-refractivity contribution in [1.29, 1.82) is 0 Å². The summed E-state index contributed by atoms with van der Waals surface area (Å²) >= 11 is 0. The normalized spacial score (nSPS) is 17.5. The fourth-order valence-corrected chi connectivity index (χ4v) is 0.433. The van der Waals surface area contributed by atoms with E-state index in [1.165, 1.54) is 0 Å². The molecule has 0 unspecified atom stereocenters. The number of esters is 2. The van der Waals surface area contributed by atoms with E-state index in [-0.39, 0.29) is 40.1 Å². The van der Waals surface area contributed by atoms with Gasteiger partial charge in [-0.25, -0.2) is 0 Å². The maximum absolute atomic E-state index is 10.0. The average Bonchev–Trinajstić information content (AvgIpc) is 1.87. The number of hydrogen-bond donors (Lipinski definition) is 0. The molecule has 0 spiro atoms. The summed E-state index contributed by atoms with van der Waals surface area (Å²) in [5, 5.41) is 0. The third kappa shape index (κ3) is 1.89. The van der Waals surface area contributed by atoms with Crippen molar-refractivity contribution in [2.45, 2.75) is 12.8 Å². The van der Waals surface area contributed by atoms with Gasteiger partial charge in [-0.05, 0) is 0 Å². The molecular formula is C4H6O3Pb. The van der Waals surface area contributed by atoms with Crippen molar-refractivity contribution in [3.8, 4) is 0 Å². The van der Waals surface area contributed by atoms with Gasteiger partial charge in [0.25, 0.3) is 0 Å². The van der Waals surface area contributed by atoms with Crippen LogP contribution in [0.25, 0.3) is 0 Å². The van der Waals surface area contributed by atoms with Crippen LogP contribution in [0.4, 0.5) is 0 Å². The molecule has 0 N–H and O–H groups in total. The zero-order valence-electron chi connectivity index (χ0n) is 4.35. The van der Waals surface area contributed by atoms with Crippen LogP contribution in [0.5, 0.6) is 0 Å². The summed E-state index contributed by atoms with van der Waals surface area (Å²) in [6.07, 6.45) is 0.525.